The van der Waals surface area contributed by atoms with Crippen LogP contribution in [0.4, 0.5) is 0 Å². The first-order valence-corrected chi connectivity index (χ1v) is 7.87. The number of unbranched alkanes of at least 4 members (excludes halogenated alkanes) is 2. The van der Waals surface area contributed by atoms with Crippen LogP contribution in [0.1, 0.15) is 52.0 Å². The summed E-state index contributed by atoms with van der Waals surface area (Å²) in [7, 11) is 0. The summed E-state index contributed by atoms with van der Waals surface area (Å²) in [6.07, 6.45) is 4.00. The van der Waals surface area contributed by atoms with E-state index in [2.05, 4.69) is 18.8 Å². The van der Waals surface area contributed by atoms with Gasteiger partial charge >= 0.3 is 5.97 Å². The minimum Gasteiger partial charge on any atom is -0.446 e. The van der Waals surface area contributed by atoms with Crippen LogP contribution in [0.5, 0.6) is 0 Å². The molecular weight excluding hydrogens is 276 g/mol. The summed E-state index contributed by atoms with van der Waals surface area (Å²) in [6, 6.07) is 9.97. The molecular formula is C19H26O3. The molecule has 0 aliphatic heterocycles. The summed E-state index contributed by atoms with van der Waals surface area (Å²) in [5.74, 6) is 5.74. The van der Waals surface area contributed by atoms with E-state index in [1.165, 1.54) is 6.92 Å². The summed E-state index contributed by atoms with van der Waals surface area (Å²) in [6.45, 7) is 6.31. The zero-order valence-corrected chi connectivity index (χ0v) is 13.9. The van der Waals surface area contributed by atoms with Crippen molar-refractivity contribution in [1.29, 1.82) is 0 Å². The number of carbonyl (C=O) groups is 1. The van der Waals surface area contributed by atoms with Gasteiger partial charge in [-0.1, -0.05) is 61.9 Å². The normalized spacial score (nSPS) is 12.9. The molecule has 0 aliphatic rings. The molecule has 0 N–H and O–H groups in total. The van der Waals surface area contributed by atoms with Gasteiger partial charge < -0.3 is 9.47 Å². The lowest BCUT2D eigenvalue weighted by molar-refractivity contribution is -0.150. The highest BCUT2D eigenvalue weighted by Crippen LogP contribution is 2.19. The van der Waals surface area contributed by atoms with E-state index >= 15 is 0 Å². The first-order chi connectivity index (χ1) is 10.6. The minimum absolute atomic E-state index is 0.293. The van der Waals surface area contributed by atoms with Crippen molar-refractivity contribution in [1.82, 2.24) is 0 Å². The van der Waals surface area contributed by atoms with Crippen molar-refractivity contribution < 1.29 is 14.3 Å². The fraction of sp³-hybridized carbons (Fsp3) is 0.526. The van der Waals surface area contributed by atoms with E-state index in [1.807, 2.05) is 37.3 Å². The van der Waals surface area contributed by atoms with Crippen LogP contribution < -0.4 is 0 Å². The molecule has 1 rings (SSSR count). The Bertz CT molecular complexity index is 498. The first-order valence-electron chi connectivity index (χ1n) is 7.87. The number of benzene rings is 1. The van der Waals surface area contributed by atoms with Crippen LogP contribution in [-0.2, 0) is 20.9 Å². The quantitative estimate of drug-likeness (QED) is 0.412. The van der Waals surface area contributed by atoms with Gasteiger partial charge in [0.05, 0.1) is 6.61 Å². The molecule has 3 nitrogen and oxygen atoms in total. The topological polar surface area (TPSA) is 35.5 Å². The zero-order valence-electron chi connectivity index (χ0n) is 13.9. The molecule has 0 radical (unpaired) electrons. The predicted octanol–water partition coefficient (Wildman–Crippen LogP) is 4.11. The summed E-state index contributed by atoms with van der Waals surface area (Å²) >= 11 is 0. The second-order valence-electron chi connectivity index (χ2n) is 5.56. The number of rotatable bonds is 8. The summed E-state index contributed by atoms with van der Waals surface area (Å²) in [5.41, 5.74) is 0.409. The monoisotopic (exact) mass is 302 g/mol. The largest absolute Gasteiger partial charge is 0.446 e. The molecule has 0 aromatic heterocycles. The Morgan fingerprint density at radius 1 is 1.23 bits per heavy atom. The average Bonchev–Trinajstić information content (AvgIpc) is 2.47. The molecule has 0 heterocycles. The van der Waals surface area contributed by atoms with Crippen LogP contribution >= 0.6 is 0 Å². The minimum atomic E-state index is -0.711. The highest BCUT2D eigenvalue weighted by molar-refractivity contribution is 5.67. The second kappa shape index (κ2) is 10.0. The number of ether oxygens (including phenoxy) is 2. The summed E-state index contributed by atoms with van der Waals surface area (Å²) in [5, 5.41) is 0. The van der Waals surface area contributed by atoms with Gasteiger partial charge in [0, 0.05) is 6.92 Å². The Morgan fingerprint density at radius 3 is 2.59 bits per heavy atom. The van der Waals surface area contributed by atoms with Crippen molar-refractivity contribution in [3.8, 4) is 11.8 Å². The van der Waals surface area contributed by atoms with Crippen LogP contribution in [-0.4, -0.2) is 18.2 Å². The van der Waals surface area contributed by atoms with Crippen LogP contribution in [0.3, 0.4) is 0 Å². The molecule has 0 bridgehead atoms. The highest BCUT2D eigenvalue weighted by Gasteiger charge is 2.24. The molecule has 0 saturated heterocycles. The predicted molar refractivity (Wildman–Crippen MR) is 88.2 cm³/mol. The molecule has 0 saturated carbocycles. The van der Waals surface area contributed by atoms with E-state index in [-0.39, 0.29) is 5.97 Å². The van der Waals surface area contributed by atoms with Gasteiger partial charge in [-0.2, -0.15) is 0 Å². The molecule has 0 aliphatic carbocycles. The standard InChI is InChI=1S/C19H26O3/c1-4-5-9-13-19(3,22-17(2)20)14-10-15-21-16-18-11-7-6-8-12-18/h6-8,11-12H,4-5,9,13,15-16H2,1-3H3. The molecule has 1 aromatic carbocycles. The molecule has 1 unspecified atom stereocenters. The third kappa shape index (κ3) is 7.85. The molecule has 0 amide bonds. The van der Waals surface area contributed by atoms with E-state index in [4.69, 9.17) is 9.47 Å². The SMILES string of the molecule is CCCCCC(C)(C#CCOCc1ccccc1)OC(C)=O. The van der Waals surface area contributed by atoms with Crippen molar-refractivity contribution in [2.45, 2.75) is 58.7 Å². The van der Waals surface area contributed by atoms with Crippen molar-refractivity contribution >= 4 is 5.97 Å². The number of hydrogen-bond acceptors (Lipinski definition) is 3. The Labute approximate surface area is 134 Å². The van der Waals surface area contributed by atoms with Crippen molar-refractivity contribution in [2.24, 2.45) is 0 Å². The lowest BCUT2D eigenvalue weighted by Gasteiger charge is -2.23. The fourth-order valence-electron chi connectivity index (χ4n) is 2.19. The van der Waals surface area contributed by atoms with Gasteiger partial charge in [-0.3, -0.25) is 4.79 Å². The Kier molecular flexibility index (Phi) is 8.32. The maximum absolute atomic E-state index is 11.2. The highest BCUT2D eigenvalue weighted by atomic mass is 16.6. The van der Waals surface area contributed by atoms with Gasteiger partial charge in [0.15, 0.2) is 5.60 Å². The Morgan fingerprint density at radius 2 is 1.95 bits per heavy atom. The lowest BCUT2D eigenvalue weighted by atomic mass is 9.98. The van der Waals surface area contributed by atoms with Crippen molar-refractivity contribution in [3.63, 3.8) is 0 Å². The molecule has 120 valence electrons. The third-order valence-electron chi connectivity index (χ3n) is 3.26. The Hall–Kier alpha value is -1.79. The van der Waals surface area contributed by atoms with Crippen molar-refractivity contribution in [2.75, 3.05) is 6.61 Å². The van der Waals surface area contributed by atoms with E-state index in [9.17, 15) is 4.79 Å². The van der Waals surface area contributed by atoms with Gasteiger partial charge in [-0.05, 0) is 25.3 Å². The third-order valence-corrected chi connectivity index (χ3v) is 3.26. The van der Waals surface area contributed by atoms with E-state index in [0.29, 0.717) is 13.2 Å². The molecule has 0 spiro atoms. The maximum atomic E-state index is 11.2. The smallest absolute Gasteiger partial charge is 0.304 e. The lowest BCUT2D eigenvalue weighted by Crippen LogP contribution is -2.29. The van der Waals surface area contributed by atoms with Crippen LogP contribution in [0.15, 0.2) is 30.3 Å². The average molecular weight is 302 g/mol. The zero-order chi connectivity index (χ0) is 16.3. The summed E-state index contributed by atoms with van der Waals surface area (Å²) < 4.78 is 10.9. The maximum Gasteiger partial charge on any atom is 0.304 e. The Balaban J connectivity index is 2.45. The van der Waals surface area contributed by atoms with Gasteiger partial charge in [0.2, 0.25) is 0 Å². The van der Waals surface area contributed by atoms with E-state index in [0.717, 1.165) is 31.2 Å². The van der Waals surface area contributed by atoms with Gasteiger partial charge in [0.1, 0.15) is 6.61 Å². The number of esters is 1. The summed E-state index contributed by atoms with van der Waals surface area (Å²) in [4.78, 5) is 11.2. The molecule has 22 heavy (non-hydrogen) atoms. The van der Waals surface area contributed by atoms with Crippen LogP contribution in [0.2, 0.25) is 0 Å². The molecule has 3 heteroatoms. The van der Waals surface area contributed by atoms with Gasteiger partial charge in [0.25, 0.3) is 0 Å². The van der Waals surface area contributed by atoms with Crippen LogP contribution in [0.25, 0.3) is 0 Å². The fourth-order valence-corrected chi connectivity index (χ4v) is 2.19. The molecule has 1 aromatic rings. The first kappa shape index (κ1) is 18.3. The van der Waals surface area contributed by atoms with Gasteiger partial charge in [-0.15, -0.1) is 0 Å². The molecule has 1 atom stereocenters. The molecule has 0 fully saturated rings. The van der Waals surface area contributed by atoms with Gasteiger partial charge in [-0.25, -0.2) is 0 Å². The second-order valence-corrected chi connectivity index (χ2v) is 5.56. The van der Waals surface area contributed by atoms with Crippen molar-refractivity contribution in [3.05, 3.63) is 35.9 Å². The number of carbonyl (C=O) groups excluding carboxylic acids is 1. The number of hydrogen-bond donors (Lipinski definition) is 0. The van der Waals surface area contributed by atoms with E-state index < -0.39 is 5.60 Å². The van der Waals surface area contributed by atoms with Crippen LogP contribution in [0, 0.1) is 11.8 Å². The van der Waals surface area contributed by atoms with E-state index in [1.54, 1.807) is 0 Å².